The topological polar surface area (TPSA) is 110 Å². The van der Waals surface area contributed by atoms with Gasteiger partial charge in [-0.25, -0.2) is 17.8 Å². The van der Waals surface area contributed by atoms with Crippen molar-refractivity contribution in [1.29, 1.82) is 0 Å². The fraction of sp³-hybridized carbons (Fsp3) is 0.333. The molecule has 0 radical (unpaired) electrons. The number of sulfonamides is 1. The van der Waals surface area contributed by atoms with E-state index in [2.05, 4.69) is 20.2 Å². The lowest BCUT2D eigenvalue weighted by Gasteiger charge is -2.34. The average Bonchev–Trinajstić information content (AvgIpc) is 3.33. The summed E-state index contributed by atoms with van der Waals surface area (Å²) >= 11 is 0. The number of likely N-dealkylation sites (tertiary alicyclic amines) is 1. The van der Waals surface area contributed by atoms with Gasteiger partial charge in [-0.1, -0.05) is 48.5 Å². The molecule has 2 heterocycles. The number of piperidine rings is 1. The summed E-state index contributed by atoms with van der Waals surface area (Å²) in [6.45, 7) is 0.933. The summed E-state index contributed by atoms with van der Waals surface area (Å²) in [4.78, 5) is 15.3. The monoisotopic (exact) mass is 440 g/mol. The molecule has 1 aliphatic heterocycles. The van der Waals surface area contributed by atoms with Gasteiger partial charge >= 0.3 is 0 Å². The summed E-state index contributed by atoms with van der Waals surface area (Å²) in [5.41, 5.74) is 1.02. The summed E-state index contributed by atoms with van der Waals surface area (Å²) < 4.78 is 29.4. The van der Waals surface area contributed by atoms with E-state index in [-0.39, 0.29) is 16.8 Å². The SMILES string of the molecule is O=C([C@H](Cc1ccccc1)n1cnnn1)N1CCC(NS(=O)(=O)c2ccccc2)CC1. The van der Waals surface area contributed by atoms with E-state index in [0.29, 0.717) is 32.4 Å². The molecular weight excluding hydrogens is 416 g/mol. The number of benzene rings is 2. The highest BCUT2D eigenvalue weighted by Crippen LogP contribution is 2.21. The number of tetrazole rings is 1. The second kappa shape index (κ2) is 9.36. The van der Waals surface area contributed by atoms with Gasteiger partial charge in [-0.05, 0) is 41.0 Å². The van der Waals surface area contributed by atoms with Gasteiger partial charge in [-0.2, -0.15) is 0 Å². The third-order valence-electron chi connectivity index (χ3n) is 5.42. The van der Waals surface area contributed by atoms with Crippen molar-refractivity contribution in [3.05, 3.63) is 72.6 Å². The molecule has 1 aromatic heterocycles. The first-order chi connectivity index (χ1) is 15.0. The first-order valence-corrected chi connectivity index (χ1v) is 11.6. The van der Waals surface area contributed by atoms with Crippen LogP contribution in [0.15, 0.2) is 71.9 Å². The van der Waals surface area contributed by atoms with Crippen LogP contribution in [0.2, 0.25) is 0 Å². The fourth-order valence-electron chi connectivity index (χ4n) is 3.76. The highest BCUT2D eigenvalue weighted by molar-refractivity contribution is 7.89. The smallest absolute Gasteiger partial charge is 0.247 e. The maximum atomic E-state index is 13.3. The molecule has 1 fully saturated rings. The minimum atomic E-state index is -3.57. The van der Waals surface area contributed by atoms with Crippen LogP contribution in [0, 0.1) is 0 Å². The Labute approximate surface area is 181 Å². The lowest BCUT2D eigenvalue weighted by atomic mass is 10.0. The number of nitrogens with zero attached hydrogens (tertiary/aromatic N) is 5. The summed E-state index contributed by atoms with van der Waals surface area (Å²) in [5, 5.41) is 11.3. The second-order valence-electron chi connectivity index (χ2n) is 7.53. The lowest BCUT2D eigenvalue weighted by Crippen LogP contribution is -2.48. The zero-order chi connectivity index (χ0) is 21.7. The summed E-state index contributed by atoms with van der Waals surface area (Å²) in [6, 6.07) is 17.3. The molecule has 2 aromatic carbocycles. The number of hydrogen-bond acceptors (Lipinski definition) is 6. The zero-order valence-corrected chi connectivity index (χ0v) is 17.7. The highest BCUT2D eigenvalue weighted by atomic mass is 32.2. The van der Waals surface area contributed by atoms with Gasteiger partial charge < -0.3 is 4.90 Å². The van der Waals surface area contributed by atoms with Crippen molar-refractivity contribution >= 4 is 15.9 Å². The Morgan fingerprint density at radius 1 is 1.03 bits per heavy atom. The standard InChI is InChI=1S/C21H24N6O3S/c28-21(20(27-16-22-24-25-27)15-17-7-3-1-4-8-17)26-13-11-18(12-14-26)23-31(29,30)19-9-5-2-6-10-19/h1-10,16,18,20,23H,11-15H2/t20-/m0/s1. The Morgan fingerprint density at radius 2 is 1.68 bits per heavy atom. The van der Waals surface area contributed by atoms with Crippen molar-refractivity contribution in [3.63, 3.8) is 0 Å². The summed E-state index contributed by atoms with van der Waals surface area (Å²) in [5.74, 6) is -0.0690. The van der Waals surface area contributed by atoms with E-state index in [1.807, 2.05) is 30.3 Å². The lowest BCUT2D eigenvalue weighted by molar-refractivity contribution is -0.136. The Morgan fingerprint density at radius 3 is 2.29 bits per heavy atom. The number of carbonyl (C=O) groups is 1. The molecule has 4 rings (SSSR count). The number of nitrogens with one attached hydrogen (secondary N) is 1. The van der Waals surface area contributed by atoms with Crippen LogP contribution < -0.4 is 4.72 Å². The predicted octanol–water partition coefficient (Wildman–Crippen LogP) is 1.43. The predicted molar refractivity (Wildman–Crippen MR) is 113 cm³/mol. The van der Waals surface area contributed by atoms with Gasteiger partial charge in [0.2, 0.25) is 15.9 Å². The van der Waals surface area contributed by atoms with E-state index in [1.54, 1.807) is 35.2 Å². The molecule has 1 atom stereocenters. The van der Waals surface area contributed by atoms with E-state index >= 15 is 0 Å². The molecule has 0 unspecified atom stereocenters. The Hall–Kier alpha value is -3.11. The maximum absolute atomic E-state index is 13.3. The van der Waals surface area contributed by atoms with E-state index in [0.717, 1.165) is 5.56 Å². The Kier molecular flexibility index (Phi) is 6.38. The summed E-state index contributed by atoms with van der Waals surface area (Å²) in [6.07, 6.45) is 3.02. The molecule has 1 N–H and O–H groups in total. The third-order valence-corrected chi connectivity index (χ3v) is 6.96. The van der Waals surface area contributed by atoms with Gasteiger partial charge in [-0.15, -0.1) is 5.10 Å². The second-order valence-corrected chi connectivity index (χ2v) is 9.24. The van der Waals surface area contributed by atoms with Gasteiger partial charge in [0.1, 0.15) is 12.4 Å². The van der Waals surface area contributed by atoms with Crippen molar-refractivity contribution in [2.75, 3.05) is 13.1 Å². The normalized spacial score (nSPS) is 16.2. The van der Waals surface area contributed by atoms with Gasteiger partial charge in [0.05, 0.1) is 4.90 Å². The molecule has 1 aliphatic rings. The molecule has 1 amide bonds. The van der Waals surface area contributed by atoms with Crippen LogP contribution in [-0.2, 0) is 21.2 Å². The van der Waals surface area contributed by atoms with Crippen LogP contribution in [0.5, 0.6) is 0 Å². The largest absolute Gasteiger partial charge is 0.341 e. The van der Waals surface area contributed by atoms with Gasteiger partial charge in [-0.3, -0.25) is 4.79 Å². The molecule has 31 heavy (non-hydrogen) atoms. The van der Waals surface area contributed by atoms with E-state index in [4.69, 9.17) is 0 Å². The molecule has 1 saturated heterocycles. The van der Waals surface area contributed by atoms with Gasteiger partial charge in [0.15, 0.2) is 0 Å². The van der Waals surface area contributed by atoms with Crippen LogP contribution >= 0.6 is 0 Å². The summed E-state index contributed by atoms with van der Waals surface area (Å²) in [7, 11) is -3.57. The minimum Gasteiger partial charge on any atom is -0.341 e. The average molecular weight is 441 g/mol. The van der Waals surface area contributed by atoms with Crippen LogP contribution in [0.4, 0.5) is 0 Å². The molecule has 10 heteroatoms. The molecule has 0 spiro atoms. The van der Waals surface area contributed by atoms with E-state index in [1.165, 1.54) is 11.0 Å². The van der Waals surface area contributed by atoms with Crippen molar-refractivity contribution in [3.8, 4) is 0 Å². The Bertz CT molecular complexity index is 1080. The van der Waals surface area contributed by atoms with Gasteiger partial charge in [0, 0.05) is 25.6 Å². The molecule has 0 bridgehead atoms. The Balaban J connectivity index is 1.40. The molecule has 0 saturated carbocycles. The molecule has 162 valence electrons. The highest BCUT2D eigenvalue weighted by Gasteiger charge is 2.31. The minimum absolute atomic E-state index is 0.0690. The molecule has 9 nitrogen and oxygen atoms in total. The van der Waals surface area contributed by atoms with E-state index < -0.39 is 16.1 Å². The van der Waals surface area contributed by atoms with Gasteiger partial charge in [0.25, 0.3) is 0 Å². The number of amides is 1. The van der Waals surface area contributed by atoms with Crippen LogP contribution in [0.1, 0.15) is 24.4 Å². The number of aromatic nitrogens is 4. The van der Waals surface area contributed by atoms with E-state index in [9.17, 15) is 13.2 Å². The molecular formula is C21H24N6O3S. The van der Waals surface area contributed by atoms with Crippen molar-refractivity contribution in [1.82, 2.24) is 29.8 Å². The first-order valence-electron chi connectivity index (χ1n) is 10.2. The quantitative estimate of drug-likeness (QED) is 0.595. The van der Waals surface area contributed by atoms with Crippen LogP contribution in [0.3, 0.4) is 0 Å². The molecule has 3 aromatic rings. The van der Waals surface area contributed by atoms with Crippen molar-refractivity contribution in [2.45, 2.75) is 36.2 Å². The number of carbonyl (C=O) groups excluding carboxylic acids is 1. The van der Waals surface area contributed by atoms with Crippen molar-refractivity contribution < 1.29 is 13.2 Å². The van der Waals surface area contributed by atoms with Crippen LogP contribution in [-0.4, -0.2) is 58.6 Å². The first kappa shape index (κ1) is 21.1. The number of rotatable bonds is 7. The number of hydrogen-bond donors (Lipinski definition) is 1. The van der Waals surface area contributed by atoms with Crippen molar-refractivity contribution in [2.24, 2.45) is 0 Å². The zero-order valence-electron chi connectivity index (χ0n) is 16.9. The maximum Gasteiger partial charge on any atom is 0.247 e. The van der Waals surface area contributed by atoms with Crippen LogP contribution in [0.25, 0.3) is 0 Å². The third kappa shape index (κ3) is 5.15. The molecule has 0 aliphatic carbocycles. The fourth-order valence-corrected chi connectivity index (χ4v) is 5.08.